The summed E-state index contributed by atoms with van der Waals surface area (Å²) in [6.45, 7) is 7.71. The quantitative estimate of drug-likeness (QED) is 0.251. The van der Waals surface area contributed by atoms with E-state index in [9.17, 15) is 9.59 Å². The zero-order chi connectivity index (χ0) is 15.3. The molecule has 0 unspecified atom stereocenters. The largest absolute Gasteiger partial charge is 0.466 e. The fraction of sp³-hybridized carbons (Fsp3) is 0.385. The monoisotopic (exact) mass is 295 g/mol. The molecule has 1 fully saturated rings. The number of hydrogen-bond acceptors (Lipinski definition) is 5. The number of rotatable bonds is 5. The van der Waals surface area contributed by atoms with E-state index in [1.807, 2.05) is 13.8 Å². The summed E-state index contributed by atoms with van der Waals surface area (Å²) >= 11 is 5.20. The Kier molecular flexibility index (Phi) is 5.57. The molecule has 0 aromatic rings. The second-order valence-electron chi connectivity index (χ2n) is 4.36. The summed E-state index contributed by atoms with van der Waals surface area (Å²) in [5.41, 5.74) is 0.0700. The summed E-state index contributed by atoms with van der Waals surface area (Å²) in [6, 6.07) is 0. The van der Waals surface area contributed by atoms with Crippen molar-refractivity contribution in [1.82, 2.24) is 9.91 Å². The van der Waals surface area contributed by atoms with Gasteiger partial charge in [-0.25, -0.2) is 9.80 Å². The molecule has 0 atom stereocenters. The predicted molar refractivity (Wildman–Crippen MR) is 79.8 cm³/mol. The molecule has 0 aromatic carbocycles. The lowest BCUT2D eigenvalue weighted by atomic mass is 10.3. The summed E-state index contributed by atoms with van der Waals surface area (Å²) in [6.07, 6.45) is 4.27. The van der Waals surface area contributed by atoms with Gasteiger partial charge in [0.05, 0.1) is 13.2 Å². The zero-order valence-electron chi connectivity index (χ0n) is 11.7. The van der Waals surface area contributed by atoms with Gasteiger partial charge in [0.1, 0.15) is 5.70 Å². The molecule has 0 saturated carbocycles. The summed E-state index contributed by atoms with van der Waals surface area (Å²) < 4.78 is 4.54. The molecule has 6 nitrogen and oxygen atoms in total. The van der Waals surface area contributed by atoms with Crippen molar-refractivity contribution in [2.45, 2.75) is 13.8 Å². The Labute approximate surface area is 123 Å². The Balaban J connectivity index is 3.17. The van der Waals surface area contributed by atoms with Gasteiger partial charge in [-0.05, 0) is 18.1 Å². The minimum atomic E-state index is -0.638. The van der Waals surface area contributed by atoms with E-state index < -0.39 is 11.9 Å². The molecule has 1 amide bonds. The van der Waals surface area contributed by atoms with Gasteiger partial charge >= 0.3 is 5.97 Å². The van der Waals surface area contributed by atoms with Crippen LogP contribution in [0.3, 0.4) is 0 Å². The van der Waals surface area contributed by atoms with Crippen molar-refractivity contribution in [2.24, 2.45) is 11.0 Å². The van der Waals surface area contributed by atoms with Gasteiger partial charge in [-0.3, -0.25) is 9.69 Å². The summed E-state index contributed by atoms with van der Waals surface area (Å²) in [5, 5.41) is 5.62. The molecule has 0 aromatic heterocycles. The van der Waals surface area contributed by atoms with E-state index in [0.29, 0.717) is 0 Å². The van der Waals surface area contributed by atoms with Crippen LogP contribution in [0.15, 0.2) is 29.5 Å². The van der Waals surface area contributed by atoms with E-state index in [4.69, 9.17) is 12.2 Å². The molecule has 1 heterocycles. The third-order valence-corrected chi connectivity index (χ3v) is 2.75. The van der Waals surface area contributed by atoms with Crippen molar-refractivity contribution in [3.8, 4) is 0 Å². The molecule has 20 heavy (non-hydrogen) atoms. The van der Waals surface area contributed by atoms with Crippen LogP contribution in [0.2, 0.25) is 0 Å². The Morgan fingerprint density at radius 2 is 2.20 bits per heavy atom. The van der Waals surface area contributed by atoms with E-state index >= 15 is 0 Å². The van der Waals surface area contributed by atoms with Crippen LogP contribution < -0.4 is 0 Å². The van der Waals surface area contributed by atoms with Crippen LogP contribution in [0.4, 0.5) is 0 Å². The first-order chi connectivity index (χ1) is 9.42. The Hall–Kier alpha value is -2.02. The van der Waals surface area contributed by atoms with E-state index in [1.54, 1.807) is 12.3 Å². The Morgan fingerprint density at radius 1 is 1.55 bits per heavy atom. The van der Waals surface area contributed by atoms with Crippen LogP contribution in [0.25, 0.3) is 0 Å². The van der Waals surface area contributed by atoms with Gasteiger partial charge in [-0.15, -0.1) is 6.58 Å². The second-order valence-corrected chi connectivity index (χ2v) is 4.73. The molecule has 1 saturated heterocycles. The molecule has 0 spiro atoms. The van der Waals surface area contributed by atoms with Crippen LogP contribution in [0.1, 0.15) is 13.8 Å². The van der Waals surface area contributed by atoms with Crippen molar-refractivity contribution in [1.29, 1.82) is 0 Å². The highest BCUT2D eigenvalue weighted by atomic mass is 32.1. The lowest BCUT2D eigenvalue weighted by molar-refractivity contribution is -0.135. The van der Waals surface area contributed by atoms with E-state index in [2.05, 4.69) is 16.4 Å². The minimum Gasteiger partial charge on any atom is -0.466 e. The summed E-state index contributed by atoms with van der Waals surface area (Å²) in [4.78, 5) is 24.9. The van der Waals surface area contributed by atoms with Gasteiger partial charge < -0.3 is 4.74 Å². The van der Waals surface area contributed by atoms with Gasteiger partial charge in [0, 0.05) is 12.8 Å². The number of hydrazone groups is 1. The van der Waals surface area contributed by atoms with E-state index in [-0.39, 0.29) is 23.3 Å². The maximum Gasteiger partial charge on any atom is 0.332 e. The molecule has 0 bridgehead atoms. The Morgan fingerprint density at radius 3 is 2.70 bits per heavy atom. The number of nitrogens with zero attached hydrogens (tertiary/aromatic N) is 3. The number of ether oxygens (including phenoxy) is 1. The number of methoxy groups -OCH3 is 1. The molecule has 0 aliphatic carbocycles. The van der Waals surface area contributed by atoms with Crippen molar-refractivity contribution < 1.29 is 14.3 Å². The lowest BCUT2D eigenvalue weighted by Crippen LogP contribution is -2.31. The summed E-state index contributed by atoms with van der Waals surface area (Å²) in [7, 11) is 1.24. The van der Waals surface area contributed by atoms with Gasteiger partial charge in [-0.2, -0.15) is 5.10 Å². The molecule has 0 N–H and O–H groups in total. The smallest absolute Gasteiger partial charge is 0.332 e. The fourth-order valence-electron chi connectivity index (χ4n) is 1.43. The SMILES string of the molecule is C=CCN1C(=O)/C(=C\C(=O)OC)N(/N=C/C(C)C)C1=S. The second kappa shape index (κ2) is 6.95. The van der Waals surface area contributed by atoms with Gasteiger partial charge in [-0.1, -0.05) is 19.9 Å². The van der Waals surface area contributed by atoms with Crippen LogP contribution in [0.5, 0.6) is 0 Å². The van der Waals surface area contributed by atoms with Crippen molar-refractivity contribution in [3.63, 3.8) is 0 Å². The topological polar surface area (TPSA) is 62.2 Å². The molecule has 1 rings (SSSR count). The van der Waals surface area contributed by atoms with Crippen molar-refractivity contribution >= 4 is 35.4 Å². The molecule has 0 radical (unpaired) electrons. The average molecular weight is 295 g/mol. The molecule has 1 aliphatic heterocycles. The molecule has 1 aliphatic rings. The number of thiocarbonyl (C=S) groups is 1. The highest BCUT2D eigenvalue weighted by molar-refractivity contribution is 7.80. The molecule has 108 valence electrons. The van der Waals surface area contributed by atoms with Gasteiger partial charge in [0.2, 0.25) is 5.11 Å². The van der Waals surface area contributed by atoms with Crippen LogP contribution in [-0.4, -0.2) is 46.8 Å². The number of amides is 1. The van der Waals surface area contributed by atoms with Gasteiger partial charge in [0.15, 0.2) is 0 Å². The number of carbonyl (C=O) groups is 2. The predicted octanol–water partition coefficient (Wildman–Crippen LogP) is 1.30. The molecular formula is C13H17N3O3S. The first-order valence-corrected chi connectivity index (χ1v) is 6.43. The highest BCUT2D eigenvalue weighted by Crippen LogP contribution is 2.22. The molecule has 7 heteroatoms. The number of hydrogen-bond donors (Lipinski definition) is 0. The Bertz CT molecular complexity index is 497. The maximum absolute atomic E-state index is 12.2. The normalized spacial score (nSPS) is 17.7. The van der Waals surface area contributed by atoms with Gasteiger partial charge in [0.25, 0.3) is 5.91 Å². The van der Waals surface area contributed by atoms with Crippen LogP contribution in [-0.2, 0) is 14.3 Å². The highest BCUT2D eigenvalue weighted by Gasteiger charge is 2.38. The van der Waals surface area contributed by atoms with E-state index in [0.717, 1.165) is 6.08 Å². The number of esters is 1. The standard InChI is InChI=1S/C13H17N3O3S/c1-5-6-15-12(18)10(7-11(17)19-4)16(13(15)20)14-8-9(2)3/h5,7-9H,1,6H2,2-4H3/b10-7+,14-8+. The fourth-order valence-corrected chi connectivity index (χ4v) is 1.73. The third kappa shape index (κ3) is 3.51. The number of carbonyl (C=O) groups excluding carboxylic acids is 2. The van der Waals surface area contributed by atoms with E-state index in [1.165, 1.54) is 17.0 Å². The first kappa shape index (κ1) is 16.0. The third-order valence-electron chi connectivity index (χ3n) is 2.35. The summed E-state index contributed by atoms with van der Waals surface area (Å²) in [5.74, 6) is -0.858. The maximum atomic E-state index is 12.2. The average Bonchev–Trinajstić information content (AvgIpc) is 2.61. The van der Waals surface area contributed by atoms with Crippen LogP contribution >= 0.6 is 12.2 Å². The van der Waals surface area contributed by atoms with Crippen LogP contribution in [0, 0.1) is 5.92 Å². The first-order valence-electron chi connectivity index (χ1n) is 6.03. The zero-order valence-corrected chi connectivity index (χ0v) is 12.5. The molecular weight excluding hydrogens is 278 g/mol. The lowest BCUT2D eigenvalue weighted by Gasteiger charge is -2.14. The van der Waals surface area contributed by atoms with Crippen molar-refractivity contribution in [3.05, 3.63) is 24.4 Å². The minimum absolute atomic E-state index is 0.0700. The van der Waals surface area contributed by atoms with Crippen molar-refractivity contribution in [2.75, 3.05) is 13.7 Å².